The van der Waals surface area contributed by atoms with Crippen LogP contribution in [0.15, 0.2) is 35.6 Å². The second kappa shape index (κ2) is 3.98. The third-order valence-corrected chi connectivity index (χ3v) is 1.73. The molecular formula is C9H14N2. The van der Waals surface area contributed by atoms with E-state index in [4.69, 9.17) is 5.73 Å². The van der Waals surface area contributed by atoms with Crippen LogP contribution in [0, 0.1) is 0 Å². The van der Waals surface area contributed by atoms with Gasteiger partial charge in [0, 0.05) is 19.3 Å². The van der Waals surface area contributed by atoms with Crippen LogP contribution in [0.4, 0.5) is 0 Å². The highest BCUT2D eigenvalue weighted by atomic mass is 14.8. The fourth-order valence-corrected chi connectivity index (χ4v) is 1.11. The molecule has 0 saturated heterocycles. The molecular weight excluding hydrogens is 136 g/mol. The molecule has 0 aromatic heterocycles. The second-order valence-corrected chi connectivity index (χ2v) is 2.43. The maximum Gasteiger partial charge on any atom is 0.0345 e. The number of rotatable bonds is 2. The largest absolute Gasteiger partial charge is 0.388 e. The summed E-state index contributed by atoms with van der Waals surface area (Å²) in [6.07, 6.45) is 9.33. The zero-order valence-electron chi connectivity index (χ0n) is 6.80. The van der Waals surface area contributed by atoms with Crippen molar-refractivity contribution in [1.82, 2.24) is 5.32 Å². The first-order valence-electron chi connectivity index (χ1n) is 3.82. The van der Waals surface area contributed by atoms with Crippen molar-refractivity contribution in [3.05, 3.63) is 35.6 Å². The summed E-state index contributed by atoms with van der Waals surface area (Å²) >= 11 is 0. The second-order valence-electron chi connectivity index (χ2n) is 2.43. The zero-order chi connectivity index (χ0) is 8.10. The van der Waals surface area contributed by atoms with E-state index < -0.39 is 0 Å². The van der Waals surface area contributed by atoms with E-state index >= 15 is 0 Å². The minimum absolute atomic E-state index is 0.594. The molecule has 0 atom stereocenters. The van der Waals surface area contributed by atoms with Gasteiger partial charge < -0.3 is 11.1 Å². The topological polar surface area (TPSA) is 38.0 Å². The van der Waals surface area contributed by atoms with Gasteiger partial charge in [-0.15, -0.1) is 0 Å². The van der Waals surface area contributed by atoms with Gasteiger partial charge in [0.05, 0.1) is 0 Å². The van der Waals surface area contributed by atoms with Crippen molar-refractivity contribution in [3.63, 3.8) is 0 Å². The van der Waals surface area contributed by atoms with Crippen molar-refractivity contribution in [2.45, 2.75) is 6.42 Å². The number of nitrogens with two attached hydrogens (primary N) is 1. The predicted molar refractivity (Wildman–Crippen MR) is 48.0 cm³/mol. The van der Waals surface area contributed by atoms with Gasteiger partial charge in [-0.2, -0.15) is 0 Å². The molecule has 0 heterocycles. The molecule has 11 heavy (non-hydrogen) atoms. The van der Waals surface area contributed by atoms with Crippen LogP contribution < -0.4 is 11.1 Å². The predicted octanol–water partition coefficient (Wildman–Crippen LogP) is 0.935. The molecule has 0 saturated carbocycles. The minimum Gasteiger partial charge on any atom is -0.388 e. The monoisotopic (exact) mass is 150 g/mol. The van der Waals surface area contributed by atoms with Crippen LogP contribution in [0.5, 0.6) is 0 Å². The standard InChI is InChI=1S/C9H14N2/c1-11-9-6-4-2-3-5-8(9)7-10/h2-3,5-6,11H,4,7,10H2,1H3. The molecule has 2 heteroatoms. The number of hydrogen-bond acceptors (Lipinski definition) is 2. The first-order chi connectivity index (χ1) is 5.38. The number of hydrogen-bond donors (Lipinski definition) is 2. The van der Waals surface area contributed by atoms with E-state index in [2.05, 4.69) is 23.5 Å². The molecule has 1 aliphatic carbocycles. The molecule has 0 unspecified atom stereocenters. The van der Waals surface area contributed by atoms with Gasteiger partial charge in [-0.1, -0.05) is 24.3 Å². The van der Waals surface area contributed by atoms with Crippen molar-refractivity contribution in [3.8, 4) is 0 Å². The Kier molecular flexibility index (Phi) is 2.93. The van der Waals surface area contributed by atoms with Crippen LogP contribution in [0.3, 0.4) is 0 Å². The Morgan fingerprint density at radius 3 is 3.09 bits per heavy atom. The Hall–Kier alpha value is -1.02. The zero-order valence-corrected chi connectivity index (χ0v) is 6.80. The van der Waals surface area contributed by atoms with Gasteiger partial charge in [-0.25, -0.2) is 0 Å². The van der Waals surface area contributed by atoms with Gasteiger partial charge in [0.25, 0.3) is 0 Å². The lowest BCUT2D eigenvalue weighted by Crippen LogP contribution is -2.14. The highest BCUT2D eigenvalue weighted by molar-refractivity contribution is 5.35. The average Bonchev–Trinajstić information content (AvgIpc) is 2.27. The lowest BCUT2D eigenvalue weighted by molar-refractivity contribution is 0.961. The summed E-state index contributed by atoms with van der Waals surface area (Å²) in [4.78, 5) is 0. The summed E-state index contributed by atoms with van der Waals surface area (Å²) in [6, 6.07) is 0. The molecule has 0 fully saturated rings. The van der Waals surface area contributed by atoms with E-state index in [1.54, 1.807) is 0 Å². The van der Waals surface area contributed by atoms with E-state index in [1.165, 1.54) is 5.57 Å². The van der Waals surface area contributed by atoms with Crippen LogP contribution in [-0.4, -0.2) is 13.6 Å². The molecule has 0 aliphatic heterocycles. The molecule has 1 aliphatic rings. The Bertz CT molecular complexity index is 212. The Morgan fingerprint density at radius 2 is 2.45 bits per heavy atom. The van der Waals surface area contributed by atoms with E-state index in [9.17, 15) is 0 Å². The summed E-state index contributed by atoms with van der Waals surface area (Å²) in [6.45, 7) is 0.594. The van der Waals surface area contributed by atoms with Crippen molar-refractivity contribution in [2.24, 2.45) is 5.73 Å². The third kappa shape index (κ3) is 1.95. The molecule has 0 bridgehead atoms. The Balaban J connectivity index is 2.82. The SMILES string of the molecule is CNC1=CCC=CC=C1CN. The first-order valence-corrected chi connectivity index (χ1v) is 3.82. The van der Waals surface area contributed by atoms with Gasteiger partial charge in [0.2, 0.25) is 0 Å². The quantitative estimate of drug-likeness (QED) is 0.614. The molecule has 3 N–H and O–H groups in total. The lowest BCUT2D eigenvalue weighted by Gasteiger charge is -2.07. The van der Waals surface area contributed by atoms with E-state index in [-0.39, 0.29) is 0 Å². The van der Waals surface area contributed by atoms with Crippen LogP contribution in [0.1, 0.15) is 6.42 Å². The van der Waals surface area contributed by atoms with Gasteiger partial charge >= 0.3 is 0 Å². The normalized spacial score (nSPS) is 16.9. The number of allylic oxidation sites excluding steroid dienone is 4. The maximum absolute atomic E-state index is 5.56. The maximum atomic E-state index is 5.56. The minimum atomic E-state index is 0.594. The summed E-state index contributed by atoms with van der Waals surface area (Å²) in [5.74, 6) is 0. The van der Waals surface area contributed by atoms with Crippen LogP contribution in [0.25, 0.3) is 0 Å². The van der Waals surface area contributed by atoms with Crippen molar-refractivity contribution in [1.29, 1.82) is 0 Å². The molecule has 0 spiro atoms. The highest BCUT2D eigenvalue weighted by Crippen LogP contribution is 2.09. The molecule has 2 nitrogen and oxygen atoms in total. The summed E-state index contributed by atoms with van der Waals surface area (Å²) in [5.41, 5.74) is 7.87. The molecule has 0 aromatic carbocycles. The van der Waals surface area contributed by atoms with E-state index in [1.807, 2.05) is 13.1 Å². The van der Waals surface area contributed by atoms with Crippen molar-refractivity contribution >= 4 is 0 Å². The summed E-state index contributed by atoms with van der Waals surface area (Å²) in [7, 11) is 1.92. The Morgan fingerprint density at radius 1 is 1.64 bits per heavy atom. The summed E-state index contributed by atoms with van der Waals surface area (Å²) in [5, 5.41) is 3.12. The van der Waals surface area contributed by atoms with Gasteiger partial charge in [0.15, 0.2) is 0 Å². The molecule has 60 valence electrons. The summed E-state index contributed by atoms with van der Waals surface area (Å²) < 4.78 is 0. The molecule has 0 amide bonds. The van der Waals surface area contributed by atoms with Crippen molar-refractivity contribution < 1.29 is 0 Å². The molecule has 1 rings (SSSR count). The first kappa shape index (κ1) is 8.08. The van der Waals surface area contributed by atoms with Crippen LogP contribution >= 0.6 is 0 Å². The van der Waals surface area contributed by atoms with Gasteiger partial charge in [-0.3, -0.25) is 0 Å². The van der Waals surface area contributed by atoms with Gasteiger partial charge in [0.1, 0.15) is 0 Å². The molecule has 0 radical (unpaired) electrons. The number of likely N-dealkylation sites (N-methyl/N-ethyl adjacent to an activating group) is 1. The fourth-order valence-electron chi connectivity index (χ4n) is 1.11. The fraction of sp³-hybridized carbons (Fsp3) is 0.333. The van der Waals surface area contributed by atoms with Crippen LogP contribution in [0.2, 0.25) is 0 Å². The lowest BCUT2D eigenvalue weighted by atomic mass is 10.2. The smallest absolute Gasteiger partial charge is 0.0345 e. The highest BCUT2D eigenvalue weighted by Gasteiger charge is 2.00. The van der Waals surface area contributed by atoms with E-state index in [0.29, 0.717) is 6.54 Å². The Labute approximate surface area is 67.5 Å². The third-order valence-electron chi connectivity index (χ3n) is 1.73. The van der Waals surface area contributed by atoms with Crippen molar-refractivity contribution in [2.75, 3.05) is 13.6 Å². The van der Waals surface area contributed by atoms with Crippen LogP contribution in [-0.2, 0) is 0 Å². The number of nitrogens with one attached hydrogen (secondary N) is 1. The van der Waals surface area contributed by atoms with E-state index in [0.717, 1.165) is 12.1 Å². The van der Waals surface area contributed by atoms with Gasteiger partial charge in [-0.05, 0) is 12.0 Å². The average molecular weight is 150 g/mol. The molecule has 0 aromatic rings.